The Kier molecular flexibility index (Phi) is 5.65. The summed E-state index contributed by atoms with van der Waals surface area (Å²) in [7, 11) is 0. The van der Waals surface area contributed by atoms with Crippen molar-refractivity contribution in [1.29, 1.82) is 0 Å². The molecule has 1 spiro atoms. The van der Waals surface area contributed by atoms with Crippen molar-refractivity contribution in [3.8, 4) is 0 Å². The fraction of sp³-hybridized carbons (Fsp3) is 0.737. The molecule has 7 nitrogen and oxygen atoms in total. The average molecular weight is 362 g/mol. The number of rotatable bonds is 5. The Hall–Kier alpha value is -1.89. The molecule has 1 aromatic rings. The normalized spacial score (nSPS) is 23.7. The number of hydrogen-bond donors (Lipinski definition) is 1. The second-order valence-electron chi connectivity index (χ2n) is 7.86. The van der Waals surface area contributed by atoms with Crippen LogP contribution in [0.5, 0.6) is 0 Å². The first-order valence-corrected chi connectivity index (χ1v) is 9.60. The molecule has 2 amide bonds. The van der Waals surface area contributed by atoms with Crippen LogP contribution in [0.1, 0.15) is 43.5 Å². The van der Waals surface area contributed by atoms with Crippen LogP contribution in [-0.4, -0.2) is 69.3 Å². The smallest absolute Gasteiger partial charge is 0.224 e. The van der Waals surface area contributed by atoms with E-state index in [-0.39, 0.29) is 23.8 Å². The van der Waals surface area contributed by atoms with Crippen LogP contribution in [0.4, 0.5) is 0 Å². The van der Waals surface area contributed by atoms with Gasteiger partial charge in [0.15, 0.2) is 0 Å². The summed E-state index contributed by atoms with van der Waals surface area (Å²) in [5.74, 6) is 0.292. The summed E-state index contributed by atoms with van der Waals surface area (Å²) < 4.78 is 1.90. The second-order valence-corrected chi connectivity index (χ2v) is 7.86. The highest BCUT2D eigenvalue weighted by atomic mass is 16.3. The van der Waals surface area contributed by atoms with E-state index in [2.05, 4.69) is 5.10 Å². The minimum Gasteiger partial charge on any atom is -0.395 e. The summed E-state index contributed by atoms with van der Waals surface area (Å²) >= 11 is 0. The molecule has 0 bridgehead atoms. The quantitative estimate of drug-likeness (QED) is 0.851. The number of nitrogens with zero attached hydrogens (tertiary/aromatic N) is 4. The Labute approximate surface area is 155 Å². The van der Waals surface area contributed by atoms with Crippen molar-refractivity contribution in [3.05, 3.63) is 17.5 Å². The molecule has 2 aliphatic rings. The third kappa shape index (κ3) is 4.09. The maximum absolute atomic E-state index is 12.8. The maximum Gasteiger partial charge on any atom is 0.224 e. The van der Waals surface area contributed by atoms with Crippen molar-refractivity contribution < 1.29 is 14.7 Å². The lowest BCUT2D eigenvalue weighted by atomic mass is 9.73. The molecular formula is C19H30N4O3. The highest BCUT2D eigenvalue weighted by Crippen LogP contribution is 2.38. The number of aliphatic hydroxyl groups excluding tert-OH is 1. The summed E-state index contributed by atoms with van der Waals surface area (Å²) in [4.78, 5) is 28.5. The Morgan fingerprint density at radius 1 is 1.27 bits per heavy atom. The van der Waals surface area contributed by atoms with E-state index in [0.29, 0.717) is 32.5 Å². The third-order valence-corrected chi connectivity index (χ3v) is 5.77. The number of aromatic nitrogens is 2. The van der Waals surface area contributed by atoms with Gasteiger partial charge in [-0.2, -0.15) is 5.10 Å². The molecule has 2 aliphatic heterocycles. The van der Waals surface area contributed by atoms with Crippen LogP contribution < -0.4 is 0 Å². The van der Waals surface area contributed by atoms with Gasteiger partial charge in [0.2, 0.25) is 11.8 Å². The monoisotopic (exact) mass is 362 g/mol. The number of carbonyl (C=O) groups is 2. The largest absolute Gasteiger partial charge is 0.395 e. The Balaban J connectivity index is 1.59. The fourth-order valence-corrected chi connectivity index (χ4v) is 4.44. The highest BCUT2D eigenvalue weighted by Gasteiger charge is 2.42. The first kappa shape index (κ1) is 18.9. The molecule has 1 atom stereocenters. The summed E-state index contributed by atoms with van der Waals surface area (Å²) in [6.07, 6.45) is 3.84. The van der Waals surface area contributed by atoms with Crippen molar-refractivity contribution in [3.63, 3.8) is 0 Å². The standard InChI is InChI=1S/C19H30N4O3/c1-15-12-16(2)23(20-15)9-5-18(26)21-8-3-6-19(13-21)7-4-17(25)22(14-19)10-11-24/h12,24H,3-11,13-14H2,1-2H3/t19-/m1/s1. The zero-order chi connectivity index (χ0) is 18.7. The van der Waals surface area contributed by atoms with E-state index in [9.17, 15) is 14.7 Å². The molecule has 0 radical (unpaired) electrons. The Bertz CT molecular complexity index is 672. The maximum atomic E-state index is 12.8. The first-order chi connectivity index (χ1) is 12.4. The number of aliphatic hydroxyl groups is 1. The van der Waals surface area contributed by atoms with Gasteiger partial charge in [0.25, 0.3) is 0 Å². The summed E-state index contributed by atoms with van der Waals surface area (Å²) in [5.41, 5.74) is 2.05. The van der Waals surface area contributed by atoms with Crippen LogP contribution in [0.15, 0.2) is 6.07 Å². The average Bonchev–Trinajstić information content (AvgIpc) is 2.94. The van der Waals surface area contributed by atoms with Crippen molar-refractivity contribution in [1.82, 2.24) is 19.6 Å². The zero-order valence-corrected chi connectivity index (χ0v) is 15.9. The van der Waals surface area contributed by atoms with Crippen molar-refractivity contribution in [2.75, 3.05) is 32.8 Å². The van der Waals surface area contributed by atoms with E-state index < -0.39 is 0 Å². The van der Waals surface area contributed by atoms with Gasteiger partial charge in [0.1, 0.15) is 0 Å². The molecule has 0 aromatic carbocycles. The summed E-state index contributed by atoms with van der Waals surface area (Å²) in [5, 5.41) is 13.6. The van der Waals surface area contributed by atoms with Gasteiger partial charge in [-0.15, -0.1) is 0 Å². The highest BCUT2D eigenvalue weighted by molar-refractivity contribution is 5.78. The molecule has 2 fully saturated rings. The van der Waals surface area contributed by atoms with E-state index >= 15 is 0 Å². The molecule has 0 saturated carbocycles. The molecule has 3 heterocycles. The van der Waals surface area contributed by atoms with Gasteiger partial charge >= 0.3 is 0 Å². The topological polar surface area (TPSA) is 78.7 Å². The van der Waals surface area contributed by atoms with Gasteiger partial charge in [-0.05, 0) is 39.2 Å². The number of aryl methyl sites for hydroxylation is 3. The Morgan fingerprint density at radius 3 is 2.77 bits per heavy atom. The lowest BCUT2D eigenvalue weighted by molar-refractivity contribution is -0.143. The van der Waals surface area contributed by atoms with Crippen molar-refractivity contribution >= 4 is 11.8 Å². The van der Waals surface area contributed by atoms with Crippen molar-refractivity contribution in [2.24, 2.45) is 5.41 Å². The van der Waals surface area contributed by atoms with Crippen LogP contribution in [0.2, 0.25) is 0 Å². The number of β-amino-alcohol motifs (C(OH)–C–C–N with tert-alkyl or cyclic N) is 1. The van der Waals surface area contributed by atoms with Crippen LogP contribution in [0.3, 0.4) is 0 Å². The molecule has 7 heteroatoms. The van der Waals surface area contributed by atoms with E-state index in [1.54, 1.807) is 4.90 Å². The first-order valence-electron chi connectivity index (χ1n) is 9.60. The van der Waals surface area contributed by atoms with Crippen LogP contribution in [0.25, 0.3) is 0 Å². The van der Waals surface area contributed by atoms with Crippen LogP contribution in [0, 0.1) is 19.3 Å². The van der Waals surface area contributed by atoms with Gasteiger partial charge in [-0.25, -0.2) is 0 Å². The van der Waals surface area contributed by atoms with E-state index in [1.165, 1.54) is 0 Å². The minimum atomic E-state index is -0.00684. The summed E-state index contributed by atoms with van der Waals surface area (Å²) in [6.45, 7) is 7.14. The molecule has 1 N–H and O–H groups in total. The van der Waals surface area contributed by atoms with Crippen molar-refractivity contribution in [2.45, 2.75) is 52.5 Å². The molecule has 1 aromatic heterocycles. The van der Waals surface area contributed by atoms with Crippen LogP contribution >= 0.6 is 0 Å². The lowest BCUT2D eigenvalue weighted by Crippen LogP contribution is -2.55. The number of piperidine rings is 2. The predicted octanol–water partition coefficient (Wildman–Crippen LogP) is 1.11. The number of carbonyl (C=O) groups excluding carboxylic acids is 2. The van der Waals surface area contributed by atoms with E-state index in [0.717, 1.165) is 43.7 Å². The molecule has 3 rings (SSSR count). The zero-order valence-electron chi connectivity index (χ0n) is 15.9. The van der Waals surface area contributed by atoms with E-state index in [4.69, 9.17) is 0 Å². The molecule has 144 valence electrons. The number of amides is 2. The molecule has 0 aliphatic carbocycles. The minimum absolute atomic E-state index is 0.00477. The van der Waals surface area contributed by atoms with Gasteiger partial charge in [0, 0.05) is 56.7 Å². The van der Waals surface area contributed by atoms with Crippen LogP contribution in [-0.2, 0) is 16.1 Å². The van der Waals surface area contributed by atoms with Gasteiger partial charge in [-0.3, -0.25) is 14.3 Å². The molecule has 0 unspecified atom stereocenters. The number of likely N-dealkylation sites (tertiary alicyclic amines) is 2. The SMILES string of the molecule is Cc1cc(C)n(CCC(=O)N2CCC[C@@]3(CCC(=O)N(CCO)C3)C2)n1. The fourth-order valence-electron chi connectivity index (χ4n) is 4.44. The predicted molar refractivity (Wildman–Crippen MR) is 97.5 cm³/mol. The van der Waals surface area contributed by atoms with E-state index in [1.807, 2.05) is 29.5 Å². The van der Waals surface area contributed by atoms with Gasteiger partial charge in [0.05, 0.1) is 12.3 Å². The molecule has 26 heavy (non-hydrogen) atoms. The third-order valence-electron chi connectivity index (χ3n) is 5.77. The van der Waals surface area contributed by atoms with Gasteiger partial charge in [-0.1, -0.05) is 0 Å². The molecular weight excluding hydrogens is 332 g/mol. The van der Waals surface area contributed by atoms with Gasteiger partial charge < -0.3 is 14.9 Å². The molecule has 2 saturated heterocycles. The lowest BCUT2D eigenvalue weighted by Gasteiger charge is -2.48. The second kappa shape index (κ2) is 7.78. The summed E-state index contributed by atoms with van der Waals surface area (Å²) in [6, 6.07) is 2.02. The Morgan fingerprint density at radius 2 is 2.08 bits per heavy atom. The number of hydrogen-bond acceptors (Lipinski definition) is 4.